The van der Waals surface area contributed by atoms with E-state index >= 15 is 0 Å². The Morgan fingerprint density at radius 2 is 1.24 bits per heavy atom. The van der Waals surface area contributed by atoms with Crippen molar-refractivity contribution in [3.63, 3.8) is 0 Å². The van der Waals surface area contributed by atoms with Gasteiger partial charge in [0.2, 0.25) is 0 Å². The first-order valence-electron chi connectivity index (χ1n) is 6.94. The molecule has 9 nitrogen and oxygen atoms in total. The average molecular weight is 292 g/mol. The summed E-state index contributed by atoms with van der Waals surface area (Å²) in [6.07, 6.45) is 5.75. The van der Waals surface area contributed by atoms with Gasteiger partial charge in [-0.2, -0.15) is 10.2 Å². The molecule has 0 aromatic carbocycles. The lowest BCUT2D eigenvalue weighted by Crippen LogP contribution is -2.10. The fourth-order valence-electron chi connectivity index (χ4n) is 2.86. The van der Waals surface area contributed by atoms with Crippen molar-refractivity contribution in [2.24, 2.45) is 10.2 Å². The van der Waals surface area contributed by atoms with E-state index in [0.717, 1.165) is 61.3 Å². The zero-order valence-electron chi connectivity index (χ0n) is 11.4. The number of hydrogen-bond acceptors (Lipinski definition) is 8. The summed E-state index contributed by atoms with van der Waals surface area (Å²) >= 11 is 0. The number of fused-ring (bicyclic) bond motifs is 2. The molecular weight excluding hydrogens is 276 g/mol. The van der Waals surface area contributed by atoms with Gasteiger partial charge in [0.05, 0.1) is 0 Å². The van der Waals surface area contributed by atoms with E-state index in [4.69, 9.17) is 9.26 Å². The van der Waals surface area contributed by atoms with E-state index in [1.165, 1.54) is 0 Å². The molecule has 2 unspecified atom stereocenters. The third kappa shape index (κ3) is 2.44. The maximum Gasteiger partial charge on any atom is 0.134 e. The number of hydrogen-bond donors (Lipinski definition) is 0. The summed E-state index contributed by atoms with van der Waals surface area (Å²) in [5.41, 5.74) is 3.48. The van der Waals surface area contributed by atoms with E-state index in [0.29, 0.717) is 0 Å². The monoisotopic (exact) mass is 292 g/mol. The van der Waals surface area contributed by atoms with Gasteiger partial charge >= 0.3 is 0 Å². The molecule has 2 aliphatic carbocycles. The van der Waals surface area contributed by atoms with E-state index < -0.39 is 0 Å². The molecule has 9 heteroatoms. The van der Waals surface area contributed by atoms with Gasteiger partial charge in [0.25, 0.3) is 0 Å². The second kappa shape index (κ2) is 5.68. The first kappa shape index (κ1) is 13.8. The van der Waals surface area contributed by atoms with Gasteiger partial charge in [-0.15, -0.1) is 0 Å². The highest BCUT2D eigenvalue weighted by Crippen LogP contribution is 2.34. The van der Waals surface area contributed by atoms with Crippen molar-refractivity contribution < 1.29 is 14.7 Å². The smallest absolute Gasteiger partial charge is 0.134 e. The van der Waals surface area contributed by atoms with Crippen LogP contribution in [0.5, 0.6) is 0 Å². The summed E-state index contributed by atoms with van der Waals surface area (Å²) in [5.74, 6) is 0. The van der Waals surface area contributed by atoms with Gasteiger partial charge in [-0.05, 0) is 38.5 Å². The Hall–Kier alpha value is -2.16. The normalized spacial score (nSPS) is 24.4. The minimum atomic E-state index is -0.0461. The van der Waals surface area contributed by atoms with Gasteiger partial charge in [-0.3, -0.25) is 0 Å². The molecule has 2 aromatic rings. The molecule has 21 heavy (non-hydrogen) atoms. The lowest BCUT2D eigenvalue weighted by Gasteiger charge is -2.17. The van der Waals surface area contributed by atoms with Crippen LogP contribution in [0.15, 0.2) is 19.5 Å². The van der Waals surface area contributed by atoms with Crippen molar-refractivity contribution in [3.05, 3.63) is 22.8 Å². The summed E-state index contributed by atoms with van der Waals surface area (Å²) in [6, 6.07) is -0.0922. The van der Waals surface area contributed by atoms with Crippen LogP contribution in [0.2, 0.25) is 0 Å². The van der Waals surface area contributed by atoms with Crippen LogP contribution in [-0.4, -0.2) is 26.1 Å². The minimum Gasteiger partial charge on any atom is -0.412 e. The number of nitrogens with zero attached hydrogens (tertiary/aromatic N) is 6. The van der Waals surface area contributed by atoms with Gasteiger partial charge in [0, 0.05) is 0 Å². The Balaban J connectivity index is 0.00000132. The van der Waals surface area contributed by atoms with Gasteiger partial charge in [0.1, 0.15) is 34.9 Å². The Labute approximate surface area is 120 Å². The molecule has 0 fully saturated rings. The van der Waals surface area contributed by atoms with Crippen molar-refractivity contribution in [1.29, 1.82) is 0 Å². The van der Waals surface area contributed by atoms with Crippen molar-refractivity contribution in [2.75, 3.05) is 0 Å². The molecule has 2 aliphatic rings. The van der Waals surface area contributed by atoms with Crippen LogP contribution in [0.4, 0.5) is 0 Å². The van der Waals surface area contributed by atoms with Crippen LogP contribution in [0.3, 0.4) is 0 Å². The standard InChI is InChI=1S/C12H14N6O2.H2O/c1-3-7(11-9(5-1)15-19-17-11)13-14-8-4-2-6-10-12(8)18-20-16-10;/h7-8H,1-6H2;1H2. The molecule has 2 heterocycles. The van der Waals surface area contributed by atoms with Crippen molar-refractivity contribution >= 4 is 0 Å². The molecule has 0 saturated carbocycles. The van der Waals surface area contributed by atoms with Crippen LogP contribution in [-0.2, 0) is 12.8 Å². The van der Waals surface area contributed by atoms with Gasteiger partial charge in [0.15, 0.2) is 0 Å². The maximum atomic E-state index is 4.79. The molecule has 4 rings (SSSR count). The van der Waals surface area contributed by atoms with E-state index in [2.05, 4.69) is 30.9 Å². The molecule has 112 valence electrons. The predicted octanol–water partition coefficient (Wildman–Crippen LogP) is 1.54. The van der Waals surface area contributed by atoms with Crippen molar-refractivity contribution in [2.45, 2.75) is 50.6 Å². The second-order valence-electron chi connectivity index (χ2n) is 5.24. The third-order valence-electron chi connectivity index (χ3n) is 3.93. The average Bonchev–Trinajstić information content (AvgIpc) is 3.13. The van der Waals surface area contributed by atoms with Gasteiger partial charge < -0.3 is 5.48 Å². The second-order valence-corrected chi connectivity index (χ2v) is 5.24. The topological polar surface area (TPSA) is 134 Å². The summed E-state index contributed by atoms with van der Waals surface area (Å²) < 4.78 is 9.59. The largest absolute Gasteiger partial charge is 0.412 e. The lowest BCUT2D eigenvalue weighted by atomic mass is 9.96. The first-order chi connectivity index (χ1) is 9.92. The van der Waals surface area contributed by atoms with E-state index in [-0.39, 0.29) is 17.6 Å². The lowest BCUT2D eigenvalue weighted by molar-refractivity contribution is 0.298. The molecule has 2 atom stereocenters. The molecule has 0 aliphatic heterocycles. The molecular formula is C12H16N6O3. The molecule has 0 radical (unpaired) electrons. The molecule has 0 bridgehead atoms. The van der Waals surface area contributed by atoms with Gasteiger partial charge in [-0.1, -0.05) is 20.6 Å². The maximum absolute atomic E-state index is 4.79. The first-order valence-corrected chi connectivity index (χ1v) is 6.94. The fourth-order valence-corrected chi connectivity index (χ4v) is 2.86. The highest BCUT2D eigenvalue weighted by molar-refractivity contribution is 5.17. The Morgan fingerprint density at radius 3 is 1.71 bits per heavy atom. The SMILES string of the molecule is C1Cc2nonc2C(N=NC2CCCc3nonc32)C1.O. The zero-order valence-corrected chi connectivity index (χ0v) is 11.4. The van der Waals surface area contributed by atoms with E-state index in [1.807, 2.05) is 0 Å². The summed E-state index contributed by atoms with van der Waals surface area (Å²) in [5, 5.41) is 24.6. The number of aromatic nitrogens is 4. The zero-order chi connectivity index (χ0) is 13.4. The molecule has 0 amide bonds. The summed E-state index contributed by atoms with van der Waals surface area (Å²) in [7, 11) is 0. The summed E-state index contributed by atoms with van der Waals surface area (Å²) in [6.45, 7) is 0. The van der Waals surface area contributed by atoms with Crippen molar-refractivity contribution in [1.82, 2.24) is 20.6 Å². The van der Waals surface area contributed by atoms with E-state index in [1.54, 1.807) is 0 Å². The van der Waals surface area contributed by atoms with Crippen LogP contribution in [0.25, 0.3) is 0 Å². The van der Waals surface area contributed by atoms with Crippen LogP contribution < -0.4 is 0 Å². The van der Waals surface area contributed by atoms with Crippen LogP contribution >= 0.6 is 0 Å². The molecule has 0 spiro atoms. The summed E-state index contributed by atoms with van der Waals surface area (Å²) in [4.78, 5) is 0. The number of aryl methyl sites for hydroxylation is 2. The Morgan fingerprint density at radius 1 is 0.762 bits per heavy atom. The Kier molecular flexibility index (Phi) is 3.74. The van der Waals surface area contributed by atoms with E-state index in [9.17, 15) is 0 Å². The minimum absolute atomic E-state index is 0. The van der Waals surface area contributed by atoms with Crippen molar-refractivity contribution in [3.8, 4) is 0 Å². The number of azo groups is 1. The quantitative estimate of drug-likeness (QED) is 0.770. The highest BCUT2D eigenvalue weighted by Gasteiger charge is 2.28. The predicted molar refractivity (Wildman–Crippen MR) is 68.4 cm³/mol. The molecule has 2 aromatic heterocycles. The number of rotatable bonds is 2. The van der Waals surface area contributed by atoms with Crippen LogP contribution in [0, 0.1) is 0 Å². The Bertz CT molecular complexity index is 582. The third-order valence-corrected chi connectivity index (χ3v) is 3.93. The highest BCUT2D eigenvalue weighted by atomic mass is 16.6. The van der Waals surface area contributed by atoms with Gasteiger partial charge in [-0.25, -0.2) is 9.26 Å². The fraction of sp³-hybridized carbons (Fsp3) is 0.667. The molecule has 0 saturated heterocycles. The molecule has 2 N–H and O–H groups in total. The van der Waals surface area contributed by atoms with Crippen LogP contribution in [0.1, 0.15) is 60.5 Å².